The maximum Gasteiger partial charge on any atom is 0.223 e. The fourth-order valence-electron chi connectivity index (χ4n) is 4.55. The normalized spacial score (nSPS) is 29.2. The highest BCUT2D eigenvalue weighted by molar-refractivity contribution is 7.09. The molecule has 3 aliphatic rings. The van der Waals surface area contributed by atoms with Crippen LogP contribution in [0.25, 0.3) is 0 Å². The number of amides is 1. The molecule has 4 heterocycles. The first-order valence-corrected chi connectivity index (χ1v) is 9.99. The van der Waals surface area contributed by atoms with Gasteiger partial charge in [-0.05, 0) is 38.6 Å². The number of aryl methyl sites for hydroxylation is 1. The van der Waals surface area contributed by atoms with E-state index in [4.69, 9.17) is 4.74 Å². The lowest BCUT2D eigenvalue weighted by molar-refractivity contribution is -0.128. The second-order valence-corrected chi connectivity index (χ2v) is 8.89. The van der Waals surface area contributed by atoms with Gasteiger partial charge in [0.15, 0.2) is 0 Å². The van der Waals surface area contributed by atoms with Crippen molar-refractivity contribution in [1.82, 2.24) is 14.8 Å². The molecule has 24 heavy (non-hydrogen) atoms. The highest BCUT2D eigenvalue weighted by atomic mass is 32.1. The molecule has 3 saturated heterocycles. The van der Waals surface area contributed by atoms with Gasteiger partial charge in [0.2, 0.25) is 5.91 Å². The van der Waals surface area contributed by atoms with E-state index in [0.29, 0.717) is 12.5 Å². The van der Waals surface area contributed by atoms with Crippen molar-refractivity contribution in [3.05, 3.63) is 16.1 Å². The third-order valence-electron chi connectivity index (χ3n) is 5.80. The van der Waals surface area contributed by atoms with Crippen LogP contribution in [0.4, 0.5) is 0 Å². The molecule has 0 N–H and O–H groups in total. The second-order valence-electron chi connectivity index (χ2n) is 7.83. The summed E-state index contributed by atoms with van der Waals surface area (Å²) in [6.45, 7) is 8.87. The molecule has 0 aliphatic carbocycles. The number of aromatic nitrogens is 1. The summed E-state index contributed by atoms with van der Waals surface area (Å²) in [5, 5.41) is 3.16. The average Bonchev–Trinajstić information content (AvgIpc) is 3.22. The summed E-state index contributed by atoms with van der Waals surface area (Å²) < 4.78 is 5.47. The minimum atomic E-state index is 0.188. The third kappa shape index (κ3) is 3.51. The van der Waals surface area contributed by atoms with Crippen molar-refractivity contribution in [3.8, 4) is 0 Å². The van der Waals surface area contributed by atoms with E-state index in [0.717, 1.165) is 62.3 Å². The summed E-state index contributed by atoms with van der Waals surface area (Å²) in [5.74, 6) is 1.09. The molecule has 4 rings (SSSR count). The molecule has 1 atom stereocenters. The van der Waals surface area contributed by atoms with Crippen molar-refractivity contribution in [2.45, 2.75) is 39.2 Å². The molecule has 0 saturated carbocycles. The van der Waals surface area contributed by atoms with Gasteiger partial charge in [-0.1, -0.05) is 0 Å². The molecular weight excluding hydrogens is 322 g/mol. The lowest BCUT2D eigenvalue weighted by atomic mass is 9.86. The van der Waals surface area contributed by atoms with E-state index in [1.54, 1.807) is 11.3 Å². The quantitative estimate of drug-likeness (QED) is 0.837. The smallest absolute Gasteiger partial charge is 0.223 e. The van der Waals surface area contributed by atoms with Crippen LogP contribution in [0.5, 0.6) is 0 Å². The summed E-state index contributed by atoms with van der Waals surface area (Å²) in [6, 6.07) is 0. The summed E-state index contributed by atoms with van der Waals surface area (Å²) in [4.78, 5) is 21.7. The SMILES string of the molecule is Cc1nc(CN2C[C@@]3(CCN(CC4CCOCC4)C3)CC2=O)cs1. The number of rotatable bonds is 4. The van der Waals surface area contributed by atoms with E-state index >= 15 is 0 Å². The molecule has 132 valence electrons. The Morgan fingerprint density at radius 3 is 2.96 bits per heavy atom. The zero-order valence-corrected chi connectivity index (χ0v) is 15.3. The van der Waals surface area contributed by atoms with Gasteiger partial charge < -0.3 is 14.5 Å². The van der Waals surface area contributed by atoms with Gasteiger partial charge in [0.25, 0.3) is 0 Å². The minimum Gasteiger partial charge on any atom is -0.381 e. The Bertz CT molecular complexity index is 599. The van der Waals surface area contributed by atoms with Gasteiger partial charge in [-0.25, -0.2) is 4.98 Å². The Balaban J connectivity index is 1.34. The fraction of sp³-hybridized carbons (Fsp3) is 0.778. The first-order chi connectivity index (χ1) is 11.6. The predicted octanol–water partition coefficient (Wildman–Crippen LogP) is 2.30. The minimum absolute atomic E-state index is 0.188. The zero-order chi connectivity index (χ0) is 16.6. The van der Waals surface area contributed by atoms with Crippen molar-refractivity contribution in [3.63, 3.8) is 0 Å². The Kier molecular flexibility index (Phi) is 4.62. The topological polar surface area (TPSA) is 45.7 Å². The van der Waals surface area contributed by atoms with Crippen molar-refractivity contribution in [2.75, 3.05) is 39.4 Å². The molecule has 3 fully saturated rings. The Morgan fingerprint density at radius 1 is 1.38 bits per heavy atom. The Hall–Kier alpha value is -0.980. The van der Waals surface area contributed by atoms with Gasteiger partial charge in [0, 0.05) is 50.1 Å². The van der Waals surface area contributed by atoms with Crippen LogP contribution in [0.2, 0.25) is 0 Å². The molecule has 1 aromatic rings. The molecule has 6 heteroatoms. The zero-order valence-electron chi connectivity index (χ0n) is 14.5. The highest BCUT2D eigenvalue weighted by Gasteiger charge is 2.47. The van der Waals surface area contributed by atoms with E-state index in [1.165, 1.54) is 19.4 Å². The number of hydrogen-bond acceptors (Lipinski definition) is 5. The van der Waals surface area contributed by atoms with Crippen LogP contribution in [0, 0.1) is 18.3 Å². The maximum atomic E-state index is 12.5. The first-order valence-electron chi connectivity index (χ1n) is 9.11. The van der Waals surface area contributed by atoms with E-state index in [1.807, 2.05) is 11.8 Å². The standard InChI is InChI=1S/C18H27N3O2S/c1-14-19-16(11-24-14)10-21-13-18(8-17(21)22)4-5-20(12-18)9-15-2-6-23-7-3-15/h11,15H,2-10,12-13H2,1H3/t18-/m0/s1. The molecule has 1 aromatic heterocycles. The monoisotopic (exact) mass is 349 g/mol. The molecule has 0 unspecified atom stereocenters. The second kappa shape index (κ2) is 6.73. The number of carbonyl (C=O) groups is 1. The molecule has 5 nitrogen and oxygen atoms in total. The maximum absolute atomic E-state index is 12.5. The van der Waals surface area contributed by atoms with Gasteiger partial charge >= 0.3 is 0 Å². The number of thiazole rings is 1. The van der Waals surface area contributed by atoms with Crippen LogP contribution in [0.3, 0.4) is 0 Å². The summed E-state index contributed by atoms with van der Waals surface area (Å²) in [5.41, 5.74) is 1.23. The van der Waals surface area contributed by atoms with Crippen LogP contribution < -0.4 is 0 Å². The molecule has 0 bridgehead atoms. The number of carbonyl (C=O) groups excluding carboxylic acids is 1. The molecule has 1 amide bonds. The number of nitrogens with zero attached hydrogens (tertiary/aromatic N) is 3. The van der Waals surface area contributed by atoms with Crippen molar-refractivity contribution in [1.29, 1.82) is 0 Å². The number of likely N-dealkylation sites (tertiary alicyclic amines) is 2. The highest BCUT2D eigenvalue weighted by Crippen LogP contribution is 2.41. The van der Waals surface area contributed by atoms with Crippen molar-refractivity contribution in [2.24, 2.45) is 11.3 Å². The van der Waals surface area contributed by atoms with Crippen molar-refractivity contribution < 1.29 is 9.53 Å². The van der Waals surface area contributed by atoms with E-state index in [9.17, 15) is 4.79 Å². The third-order valence-corrected chi connectivity index (χ3v) is 6.62. The van der Waals surface area contributed by atoms with Gasteiger partial charge in [-0.2, -0.15) is 0 Å². The average molecular weight is 350 g/mol. The molecule has 0 aromatic carbocycles. The number of ether oxygens (including phenoxy) is 1. The lowest BCUT2D eigenvalue weighted by Gasteiger charge is -2.28. The Morgan fingerprint density at radius 2 is 2.21 bits per heavy atom. The molecular formula is C18H27N3O2S. The first kappa shape index (κ1) is 16.5. The predicted molar refractivity (Wildman–Crippen MR) is 93.9 cm³/mol. The van der Waals surface area contributed by atoms with Crippen LogP contribution in [0.1, 0.15) is 36.4 Å². The van der Waals surface area contributed by atoms with E-state index in [2.05, 4.69) is 15.3 Å². The summed E-state index contributed by atoms with van der Waals surface area (Å²) in [7, 11) is 0. The molecule has 3 aliphatic heterocycles. The summed E-state index contributed by atoms with van der Waals surface area (Å²) in [6.07, 6.45) is 4.27. The van der Waals surface area contributed by atoms with Gasteiger partial charge in [-0.3, -0.25) is 4.79 Å². The fourth-order valence-corrected chi connectivity index (χ4v) is 5.16. The van der Waals surface area contributed by atoms with Gasteiger partial charge in [0.1, 0.15) is 0 Å². The summed E-state index contributed by atoms with van der Waals surface area (Å²) >= 11 is 1.67. The number of hydrogen-bond donors (Lipinski definition) is 0. The van der Waals surface area contributed by atoms with E-state index in [-0.39, 0.29) is 5.41 Å². The van der Waals surface area contributed by atoms with Crippen LogP contribution in [0.15, 0.2) is 5.38 Å². The van der Waals surface area contributed by atoms with Crippen LogP contribution in [-0.4, -0.2) is 60.1 Å². The van der Waals surface area contributed by atoms with Crippen LogP contribution in [-0.2, 0) is 16.1 Å². The molecule has 0 radical (unpaired) electrons. The van der Waals surface area contributed by atoms with E-state index < -0.39 is 0 Å². The van der Waals surface area contributed by atoms with Crippen molar-refractivity contribution >= 4 is 17.2 Å². The Labute approximate surface area is 148 Å². The van der Waals surface area contributed by atoms with Gasteiger partial charge in [0.05, 0.1) is 17.2 Å². The largest absolute Gasteiger partial charge is 0.381 e. The molecule has 1 spiro atoms. The lowest BCUT2D eigenvalue weighted by Crippen LogP contribution is -2.34. The van der Waals surface area contributed by atoms with Gasteiger partial charge in [-0.15, -0.1) is 11.3 Å². The van der Waals surface area contributed by atoms with Crippen LogP contribution >= 0.6 is 11.3 Å².